The summed E-state index contributed by atoms with van der Waals surface area (Å²) in [6, 6.07) is 23.5. The monoisotopic (exact) mass is 526 g/mol. The van der Waals surface area contributed by atoms with E-state index in [1.807, 2.05) is 42.5 Å². The number of nitrogens with one attached hydrogen (secondary N) is 1. The zero-order valence-corrected chi connectivity index (χ0v) is 21.7. The average Bonchev–Trinajstić information content (AvgIpc) is 2.88. The summed E-state index contributed by atoms with van der Waals surface area (Å²) < 4.78 is 11.1. The molecule has 3 N–H and O–H groups in total. The number of amides is 2. The first-order valence-corrected chi connectivity index (χ1v) is 15.0. The first-order chi connectivity index (χ1) is 17.3. The molecule has 0 aromatic heterocycles. The Bertz CT molecular complexity index is 1250. The minimum atomic E-state index is -4.19. The number of rotatable bonds is 9. The van der Waals surface area contributed by atoms with Crippen LogP contribution in [0.5, 0.6) is 0 Å². The lowest BCUT2D eigenvalue weighted by molar-refractivity contribution is -0.140. The smallest absolute Gasteiger partial charge is 0.335 e. The molecule has 36 heavy (non-hydrogen) atoms. The predicted octanol–water partition coefficient (Wildman–Crippen LogP) is 4.49. The lowest BCUT2D eigenvalue weighted by Gasteiger charge is -2.35. The van der Waals surface area contributed by atoms with Gasteiger partial charge in [0.1, 0.15) is 6.04 Å². The fourth-order valence-electron chi connectivity index (χ4n) is 4.64. The van der Waals surface area contributed by atoms with Gasteiger partial charge >= 0.3 is 7.60 Å². The summed E-state index contributed by atoms with van der Waals surface area (Å²) in [7, 11) is -4.19. The molecule has 0 unspecified atom stereocenters. The number of benzene rings is 3. The first kappa shape index (κ1) is 26.4. The second-order valence-electron chi connectivity index (χ2n) is 9.10. The molecule has 9 heteroatoms. The van der Waals surface area contributed by atoms with E-state index in [4.69, 9.17) is 9.79 Å². The number of carbonyl (C=O) groups is 2. The van der Waals surface area contributed by atoms with Crippen LogP contribution in [-0.2, 0) is 20.6 Å². The van der Waals surface area contributed by atoms with Crippen molar-refractivity contribution < 1.29 is 23.9 Å². The molecule has 1 saturated heterocycles. The summed E-state index contributed by atoms with van der Waals surface area (Å²) in [6.45, 7) is 0.466. The minimum absolute atomic E-state index is 0.0614. The Balaban J connectivity index is 1.49. The zero-order chi connectivity index (χ0) is 25.5. The highest BCUT2D eigenvalue weighted by atomic mass is 32.2. The van der Waals surface area contributed by atoms with E-state index < -0.39 is 19.1 Å². The van der Waals surface area contributed by atoms with Crippen LogP contribution in [0.3, 0.4) is 0 Å². The Kier molecular flexibility index (Phi) is 8.86. The molecule has 3 aromatic rings. The van der Waals surface area contributed by atoms with E-state index in [1.54, 1.807) is 4.90 Å². The highest BCUT2D eigenvalue weighted by Gasteiger charge is 2.33. The van der Waals surface area contributed by atoms with E-state index in [1.165, 1.54) is 0 Å². The highest BCUT2D eigenvalue weighted by Crippen LogP contribution is 2.38. The molecule has 4 rings (SSSR count). The van der Waals surface area contributed by atoms with Crippen molar-refractivity contribution >= 4 is 41.9 Å². The molecule has 190 valence electrons. The second kappa shape index (κ2) is 12.1. The van der Waals surface area contributed by atoms with Crippen molar-refractivity contribution in [2.45, 2.75) is 37.8 Å². The lowest BCUT2D eigenvalue weighted by atomic mass is 9.95. The summed E-state index contributed by atoms with van der Waals surface area (Å²) in [5, 5.41) is 5.51. The summed E-state index contributed by atoms with van der Waals surface area (Å²) in [4.78, 5) is 46.0. The van der Waals surface area contributed by atoms with Crippen molar-refractivity contribution in [3.63, 3.8) is 0 Å². The quantitative estimate of drug-likeness (QED) is 0.355. The van der Waals surface area contributed by atoms with Gasteiger partial charge in [-0.2, -0.15) is 0 Å². The van der Waals surface area contributed by atoms with Crippen molar-refractivity contribution in [2.75, 3.05) is 17.8 Å². The molecule has 2 amide bonds. The van der Waals surface area contributed by atoms with Crippen LogP contribution in [0.1, 0.15) is 36.4 Å². The van der Waals surface area contributed by atoms with E-state index in [0.29, 0.717) is 19.4 Å². The molecule has 2 atom stereocenters. The number of hydrogen-bond acceptors (Lipinski definition) is 4. The largest absolute Gasteiger partial charge is 0.347 e. The van der Waals surface area contributed by atoms with Gasteiger partial charge in [-0.15, -0.1) is 11.8 Å². The van der Waals surface area contributed by atoms with Crippen LogP contribution < -0.4 is 5.32 Å². The number of hydrogen-bond donors (Lipinski definition) is 3. The van der Waals surface area contributed by atoms with Gasteiger partial charge in [-0.1, -0.05) is 72.8 Å². The van der Waals surface area contributed by atoms with Gasteiger partial charge in [0.05, 0.1) is 17.3 Å². The van der Waals surface area contributed by atoms with Gasteiger partial charge in [-0.05, 0) is 47.6 Å². The molecule has 1 aliphatic heterocycles. The summed E-state index contributed by atoms with van der Waals surface area (Å²) in [6.07, 6.45) is 2.83. The van der Waals surface area contributed by atoms with Gasteiger partial charge in [-0.3, -0.25) is 14.2 Å². The number of thioether (sulfide) groups is 1. The minimum Gasteiger partial charge on any atom is -0.347 e. The SMILES string of the molecule is O=C(N[C@@H](Cc1ccc2ccccc2c1)c1ccccc1)[C@@H]1CCCCN1C(=O)CSCP(=O)(O)O. The fraction of sp³-hybridized carbons (Fsp3) is 0.333. The Morgan fingerprint density at radius 3 is 2.47 bits per heavy atom. The van der Waals surface area contributed by atoms with E-state index in [9.17, 15) is 14.2 Å². The average molecular weight is 527 g/mol. The normalized spacial score (nSPS) is 17.1. The molecule has 0 bridgehead atoms. The topological polar surface area (TPSA) is 107 Å². The molecule has 0 aliphatic carbocycles. The molecule has 0 radical (unpaired) electrons. The Hall–Kier alpha value is -2.64. The number of nitrogens with zero attached hydrogens (tertiary/aromatic N) is 1. The van der Waals surface area contributed by atoms with Gasteiger partial charge in [0, 0.05) is 6.54 Å². The molecule has 3 aromatic carbocycles. The van der Waals surface area contributed by atoms with Gasteiger partial charge < -0.3 is 20.0 Å². The van der Waals surface area contributed by atoms with Gasteiger partial charge in [0.15, 0.2) is 0 Å². The fourth-order valence-corrected chi connectivity index (χ4v) is 6.30. The van der Waals surface area contributed by atoms with Crippen LogP contribution in [0.4, 0.5) is 0 Å². The number of carbonyl (C=O) groups excluding carboxylic acids is 2. The molecular weight excluding hydrogens is 495 g/mol. The number of likely N-dealkylation sites (tertiary alicyclic amines) is 1. The van der Waals surface area contributed by atoms with Crippen LogP contribution in [0.2, 0.25) is 0 Å². The molecule has 1 fully saturated rings. The lowest BCUT2D eigenvalue weighted by Crippen LogP contribution is -2.53. The maximum atomic E-state index is 13.5. The third-order valence-corrected chi connectivity index (χ3v) is 8.91. The summed E-state index contributed by atoms with van der Waals surface area (Å²) in [5.74, 6) is -0.523. The Morgan fingerprint density at radius 2 is 1.72 bits per heavy atom. The Morgan fingerprint density at radius 1 is 1.00 bits per heavy atom. The maximum absolute atomic E-state index is 13.5. The van der Waals surface area contributed by atoms with Crippen molar-refractivity contribution in [1.82, 2.24) is 10.2 Å². The molecule has 0 spiro atoms. The second-order valence-corrected chi connectivity index (χ2v) is 12.2. The number of fused-ring (bicyclic) bond motifs is 1. The molecule has 7 nitrogen and oxygen atoms in total. The van der Waals surface area contributed by atoms with Crippen LogP contribution in [0.25, 0.3) is 10.8 Å². The van der Waals surface area contributed by atoms with Crippen molar-refractivity contribution in [3.05, 3.63) is 83.9 Å². The van der Waals surface area contributed by atoms with Gasteiger partial charge in [0.2, 0.25) is 11.8 Å². The van der Waals surface area contributed by atoms with Crippen molar-refractivity contribution in [2.24, 2.45) is 0 Å². The van der Waals surface area contributed by atoms with Crippen LogP contribution in [0.15, 0.2) is 72.8 Å². The van der Waals surface area contributed by atoms with Crippen LogP contribution in [-0.4, -0.2) is 50.3 Å². The van der Waals surface area contributed by atoms with Crippen LogP contribution >= 0.6 is 19.4 Å². The van der Waals surface area contributed by atoms with E-state index >= 15 is 0 Å². The molecular formula is C27H31N2O5PS. The zero-order valence-electron chi connectivity index (χ0n) is 20.0. The standard InChI is InChI=1S/C27H31N2O5PS/c30-26(18-36-19-35(32,33)34)29-15-7-6-12-25(29)27(31)28-24(22-9-2-1-3-10-22)17-20-13-14-21-8-4-5-11-23(21)16-20/h1-5,8-11,13-14,16,24-25H,6-7,12,15,17-19H2,(H,28,31)(H2,32,33,34)/t24-,25-/m0/s1. The van der Waals surface area contributed by atoms with E-state index in [-0.39, 0.29) is 23.6 Å². The first-order valence-electron chi connectivity index (χ1n) is 12.0. The molecule has 0 saturated carbocycles. The maximum Gasteiger partial charge on any atom is 0.335 e. The third-order valence-electron chi connectivity index (χ3n) is 6.38. The molecule has 1 aliphatic rings. The predicted molar refractivity (Wildman–Crippen MR) is 144 cm³/mol. The van der Waals surface area contributed by atoms with E-state index in [0.717, 1.165) is 46.5 Å². The van der Waals surface area contributed by atoms with Crippen molar-refractivity contribution in [1.29, 1.82) is 0 Å². The van der Waals surface area contributed by atoms with Gasteiger partial charge in [0.25, 0.3) is 0 Å². The van der Waals surface area contributed by atoms with Crippen LogP contribution in [0, 0.1) is 0 Å². The highest BCUT2D eigenvalue weighted by molar-refractivity contribution is 8.04. The Labute approximate surface area is 215 Å². The number of piperidine rings is 1. The summed E-state index contributed by atoms with van der Waals surface area (Å²) >= 11 is 0.903. The van der Waals surface area contributed by atoms with Crippen molar-refractivity contribution in [3.8, 4) is 0 Å². The summed E-state index contributed by atoms with van der Waals surface area (Å²) in [5.41, 5.74) is 1.68. The van der Waals surface area contributed by atoms with Gasteiger partial charge in [-0.25, -0.2) is 0 Å². The third kappa shape index (κ3) is 7.20. The van der Waals surface area contributed by atoms with E-state index in [2.05, 4.69) is 35.6 Å². The molecule has 1 heterocycles.